The molecule has 0 aromatic heterocycles. The second-order valence-electron chi connectivity index (χ2n) is 5.82. The smallest absolute Gasteiger partial charge is 0.337 e. The molecule has 0 saturated carbocycles. The van der Waals surface area contributed by atoms with Gasteiger partial charge in [-0.05, 0) is 42.9 Å². The first-order chi connectivity index (χ1) is 12.8. The maximum absolute atomic E-state index is 12.2. The number of ether oxygens (including phenoxy) is 1. The van der Waals surface area contributed by atoms with Gasteiger partial charge >= 0.3 is 5.97 Å². The van der Waals surface area contributed by atoms with Crippen LogP contribution in [-0.4, -0.2) is 42.4 Å². The fourth-order valence-corrected chi connectivity index (χ4v) is 2.57. The SMILES string of the molecule is COC(=O)c1ccc(NC(=O)CN(C)Cc2cc([N+](=O)[O-])ccc2Cl)cc1. The molecule has 0 atom stereocenters. The summed E-state index contributed by atoms with van der Waals surface area (Å²) in [7, 11) is 3.00. The lowest BCUT2D eigenvalue weighted by Gasteiger charge is -2.17. The number of methoxy groups -OCH3 is 1. The van der Waals surface area contributed by atoms with Gasteiger partial charge in [0.25, 0.3) is 5.69 Å². The van der Waals surface area contributed by atoms with Crippen molar-refractivity contribution in [1.82, 2.24) is 4.90 Å². The third kappa shape index (κ3) is 5.77. The minimum Gasteiger partial charge on any atom is -0.465 e. The molecule has 0 aliphatic heterocycles. The quantitative estimate of drug-likeness (QED) is 0.442. The number of esters is 1. The van der Waals surface area contributed by atoms with Crippen molar-refractivity contribution in [2.24, 2.45) is 0 Å². The minimum absolute atomic E-state index is 0.0533. The van der Waals surface area contributed by atoms with Crippen molar-refractivity contribution in [3.8, 4) is 0 Å². The molecule has 2 aromatic rings. The van der Waals surface area contributed by atoms with E-state index >= 15 is 0 Å². The first-order valence-electron chi connectivity index (χ1n) is 7.89. The topological polar surface area (TPSA) is 102 Å². The van der Waals surface area contributed by atoms with Crippen LogP contribution in [0.4, 0.5) is 11.4 Å². The molecule has 1 amide bonds. The number of likely N-dealkylation sites (N-methyl/N-ethyl adjacent to an activating group) is 1. The van der Waals surface area contributed by atoms with Crippen LogP contribution in [0.2, 0.25) is 5.02 Å². The first-order valence-corrected chi connectivity index (χ1v) is 8.27. The minimum atomic E-state index is -0.496. The molecule has 8 nitrogen and oxygen atoms in total. The van der Waals surface area contributed by atoms with Crippen LogP contribution in [0.1, 0.15) is 15.9 Å². The van der Waals surface area contributed by atoms with Gasteiger partial charge < -0.3 is 10.1 Å². The van der Waals surface area contributed by atoms with Gasteiger partial charge in [-0.3, -0.25) is 19.8 Å². The van der Waals surface area contributed by atoms with Gasteiger partial charge in [-0.25, -0.2) is 4.79 Å². The zero-order valence-electron chi connectivity index (χ0n) is 14.8. The number of nitrogens with zero attached hydrogens (tertiary/aromatic N) is 2. The lowest BCUT2D eigenvalue weighted by molar-refractivity contribution is -0.384. The monoisotopic (exact) mass is 391 g/mol. The Morgan fingerprint density at radius 3 is 2.48 bits per heavy atom. The number of amides is 1. The van der Waals surface area contributed by atoms with Crippen molar-refractivity contribution in [1.29, 1.82) is 0 Å². The number of nitro groups is 1. The van der Waals surface area contributed by atoms with E-state index in [0.717, 1.165) is 0 Å². The summed E-state index contributed by atoms with van der Waals surface area (Å²) in [6, 6.07) is 10.5. The van der Waals surface area contributed by atoms with Gasteiger partial charge in [0.1, 0.15) is 0 Å². The van der Waals surface area contributed by atoms with Gasteiger partial charge in [0.2, 0.25) is 5.91 Å². The number of nitrogens with one attached hydrogen (secondary N) is 1. The molecule has 0 spiro atoms. The second kappa shape index (κ2) is 9.11. The average Bonchev–Trinajstić information content (AvgIpc) is 2.63. The molecule has 0 aliphatic rings. The average molecular weight is 392 g/mol. The number of hydrogen-bond donors (Lipinski definition) is 1. The Labute approximate surface area is 160 Å². The molecular formula is C18H18ClN3O5. The van der Waals surface area contributed by atoms with E-state index in [0.29, 0.717) is 21.8 Å². The normalized spacial score (nSPS) is 10.5. The summed E-state index contributed by atoms with van der Waals surface area (Å²) in [4.78, 5) is 35.6. The van der Waals surface area contributed by atoms with E-state index in [4.69, 9.17) is 11.6 Å². The van der Waals surface area contributed by atoms with Crippen molar-refractivity contribution in [2.45, 2.75) is 6.54 Å². The van der Waals surface area contributed by atoms with E-state index in [1.807, 2.05) is 0 Å². The standard InChI is InChI=1S/C18H18ClN3O5/c1-21(10-13-9-15(22(25)26)7-8-16(13)19)11-17(23)20-14-5-3-12(4-6-14)18(24)27-2/h3-9H,10-11H2,1-2H3,(H,20,23). The van der Waals surface area contributed by atoms with Crippen LogP contribution >= 0.6 is 11.6 Å². The fourth-order valence-electron chi connectivity index (χ4n) is 2.40. The number of halogens is 1. The Balaban J connectivity index is 1.95. The van der Waals surface area contributed by atoms with Gasteiger partial charge in [0.15, 0.2) is 0 Å². The van der Waals surface area contributed by atoms with Crippen molar-refractivity contribution in [3.63, 3.8) is 0 Å². The van der Waals surface area contributed by atoms with E-state index in [1.165, 1.54) is 25.3 Å². The van der Waals surface area contributed by atoms with Crippen molar-refractivity contribution >= 4 is 34.9 Å². The zero-order valence-corrected chi connectivity index (χ0v) is 15.5. The Hall–Kier alpha value is -2.97. The second-order valence-corrected chi connectivity index (χ2v) is 6.23. The van der Waals surface area contributed by atoms with E-state index in [9.17, 15) is 19.7 Å². The number of anilines is 1. The van der Waals surface area contributed by atoms with Gasteiger partial charge in [-0.1, -0.05) is 11.6 Å². The van der Waals surface area contributed by atoms with Crippen LogP contribution in [0, 0.1) is 10.1 Å². The molecule has 2 rings (SSSR count). The lowest BCUT2D eigenvalue weighted by atomic mass is 10.2. The molecule has 0 unspecified atom stereocenters. The molecular weight excluding hydrogens is 374 g/mol. The zero-order chi connectivity index (χ0) is 20.0. The maximum atomic E-state index is 12.2. The van der Waals surface area contributed by atoms with Crippen LogP contribution in [0.5, 0.6) is 0 Å². The summed E-state index contributed by atoms with van der Waals surface area (Å²) in [5, 5.41) is 14.0. The fraction of sp³-hybridized carbons (Fsp3) is 0.222. The molecule has 0 saturated heterocycles. The molecule has 0 radical (unpaired) electrons. The van der Waals surface area contributed by atoms with E-state index in [-0.39, 0.29) is 24.7 Å². The number of non-ortho nitro benzene ring substituents is 1. The molecule has 0 fully saturated rings. The molecule has 2 aromatic carbocycles. The molecule has 27 heavy (non-hydrogen) atoms. The largest absolute Gasteiger partial charge is 0.465 e. The number of hydrogen-bond acceptors (Lipinski definition) is 6. The molecule has 0 heterocycles. The van der Waals surface area contributed by atoms with Crippen LogP contribution < -0.4 is 5.32 Å². The lowest BCUT2D eigenvalue weighted by Crippen LogP contribution is -2.30. The van der Waals surface area contributed by atoms with Gasteiger partial charge in [-0.2, -0.15) is 0 Å². The number of carbonyl (C=O) groups is 2. The molecule has 0 aliphatic carbocycles. The highest BCUT2D eigenvalue weighted by molar-refractivity contribution is 6.31. The summed E-state index contributed by atoms with van der Waals surface area (Å²) in [6.45, 7) is 0.326. The third-order valence-corrected chi connectivity index (χ3v) is 4.05. The summed E-state index contributed by atoms with van der Waals surface area (Å²) in [6.07, 6.45) is 0. The Kier molecular flexibility index (Phi) is 6.86. The van der Waals surface area contributed by atoms with Gasteiger partial charge in [0, 0.05) is 29.4 Å². The molecule has 142 valence electrons. The van der Waals surface area contributed by atoms with Gasteiger partial charge in [0.05, 0.1) is 24.1 Å². The third-order valence-electron chi connectivity index (χ3n) is 3.68. The highest BCUT2D eigenvalue weighted by Crippen LogP contribution is 2.23. The Morgan fingerprint density at radius 2 is 1.89 bits per heavy atom. The van der Waals surface area contributed by atoms with Crippen molar-refractivity contribution < 1.29 is 19.2 Å². The van der Waals surface area contributed by atoms with Gasteiger partial charge in [-0.15, -0.1) is 0 Å². The number of carbonyl (C=O) groups excluding carboxylic acids is 2. The predicted molar refractivity (Wildman–Crippen MR) is 101 cm³/mol. The summed E-state index contributed by atoms with van der Waals surface area (Å²) in [5.74, 6) is -0.730. The van der Waals surface area contributed by atoms with Crippen LogP contribution in [0.15, 0.2) is 42.5 Å². The van der Waals surface area contributed by atoms with E-state index < -0.39 is 10.9 Å². The first kappa shape index (κ1) is 20.3. The highest BCUT2D eigenvalue weighted by atomic mass is 35.5. The Bertz CT molecular complexity index is 855. The molecule has 1 N–H and O–H groups in total. The van der Waals surface area contributed by atoms with Crippen LogP contribution in [-0.2, 0) is 16.1 Å². The highest BCUT2D eigenvalue weighted by Gasteiger charge is 2.14. The van der Waals surface area contributed by atoms with Crippen LogP contribution in [0.25, 0.3) is 0 Å². The predicted octanol–water partition coefficient (Wildman–Crippen LogP) is 3.11. The van der Waals surface area contributed by atoms with E-state index in [1.54, 1.807) is 36.2 Å². The van der Waals surface area contributed by atoms with Crippen LogP contribution in [0.3, 0.4) is 0 Å². The van der Waals surface area contributed by atoms with E-state index in [2.05, 4.69) is 10.1 Å². The number of rotatable bonds is 7. The summed E-state index contributed by atoms with van der Waals surface area (Å²) >= 11 is 6.08. The molecule has 0 bridgehead atoms. The summed E-state index contributed by atoms with van der Waals surface area (Å²) in [5.41, 5.74) is 1.42. The summed E-state index contributed by atoms with van der Waals surface area (Å²) < 4.78 is 4.61. The number of benzene rings is 2. The van der Waals surface area contributed by atoms with Crippen molar-refractivity contribution in [2.75, 3.05) is 26.0 Å². The maximum Gasteiger partial charge on any atom is 0.337 e. The number of nitro benzene ring substituents is 1. The Morgan fingerprint density at radius 1 is 1.22 bits per heavy atom. The molecule has 9 heteroatoms. The van der Waals surface area contributed by atoms with Crippen molar-refractivity contribution in [3.05, 3.63) is 68.7 Å².